The predicted molar refractivity (Wildman–Crippen MR) is 103 cm³/mol. The lowest BCUT2D eigenvalue weighted by atomic mass is 10.1. The largest absolute Gasteiger partial charge is 0.309 e. The summed E-state index contributed by atoms with van der Waals surface area (Å²) < 4.78 is 28.9. The topological polar surface area (TPSA) is 49.4 Å². The minimum atomic E-state index is -3.46. The van der Waals surface area contributed by atoms with E-state index in [1.165, 1.54) is 11.1 Å². The first kappa shape index (κ1) is 17.2. The Morgan fingerprint density at radius 2 is 1.60 bits per heavy atom. The second kappa shape index (κ2) is 6.20. The summed E-state index contributed by atoms with van der Waals surface area (Å²) in [7, 11) is -3.46. The maximum atomic E-state index is 13.1. The first-order valence-corrected chi connectivity index (χ1v) is 10.8. The Bertz CT molecular complexity index is 932. The molecule has 1 aliphatic heterocycles. The summed E-state index contributed by atoms with van der Waals surface area (Å²) in [5.74, 6) is 0. The van der Waals surface area contributed by atoms with Crippen LogP contribution in [0.25, 0.3) is 11.1 Å². The van der Waals surface area contributed by atoms with E-state index in [0.717, 1.165) is 22.0 Å². The number of benzene rings is 2. The van der Waals surface area contributed by atoms with Crippen molar-refractivity contribution >= 4 is 26.0 Å². The SMILES string of the molecule is CC1CN(S(=O)(=O)c2ccc3c(c2)Cc2cc(Br)ccc2-3)CC(C)N1. The molecule has 0 radical (unpaired) electrons. The Morgan fingerprint density at radius 1 is 1.00 bits per heavy atom. The third-order valence-electron chi connectivity index (χ3n) is 4.98. The molecule has 6 heteroatoms. The molecule has 2 aliphatic rings. The highest BCUT2D eigenvalue weighted by atomic mass is 79.9. The molecule has 4 nitrogen and oxygen atoms in total. The second-order valence-electron chi connectivity index (χ2n) is 7.09. The number of halogens is 1. The number of fused-ring (bicyclic) bond motifs is 3. The molecule has 4 rings (SSSR count). The van der Waals surface area contributed by atoms with Gasteiger partial charge in [0.25, 0.3) is 0 Å². The van der Waals surface area contributed by atoms with Crippen molar-refractivity contribution in [2.24, 2.45) is 0 Å². The predicted octanol–water partition coefficient (Wildman–Crippen LogP) is 3.39. The van der Waals surface area contributed by atoms with Crippen LogP contribution in [0.1, 0.15) is 25.0 Å². The average molecular weight is 421 g/mol. The Morgan fingerprint density at radius 3 is 2.28 bits per heavy atom. The smallest absolute Gasteiger partial charge is 0.243 e. The van der Waals surface area contributed by atoms with Crippen molar-refractivity contribution in [3.63, 3.8) is 0 Å². The molecule has 1 fully saturated rings. The molecule has 1 aliphatic carbocycles. The van der Waals surface area contributed by atoms with Gasteiger partial charge in [-0.2, -0.15) is 4.31 Å². The molecule has 1 heterocycles. The van der Waals surface area contributed by atoms with Crippen molar-refractivity contribution < 1.29 is 8.42 Å². The number of rotatable bonds is 2. The summed E-state index contributed by atoms with van der Waals surface area (Å²) in [6.07, 6.45) is 0.780. The summed E-state index contributed by atoms with van der Waals surface area (Å²) in [4.78, 5) is 0.402. The van der Waals surface area contributed by atoms with Crippen molar-refractivity contribution in [1.29, 1.82) is 0 Å². The number of sulfonamides is 1. The molecule has 2 aromatic rings. The van der Waals surface area contributed by atoms with Crippen LogP contribution in [0.2, 0.25) is 0 Å². The highest BCUT2D eigenvalue weighted by Crippen LogP contribution is 2.39. The fourth-order valence-corrected chi connectivity index (χ4v) is 6.02. The minimum Gasteiger partial charge on any atom is -0.309 e. The van der Waals surface area contributed by atoms with Crippen molar-refractivity contribution in [2.45, 2.75) is 37.2 Å². The zero-order valence-corrected chi connectivity index (χ0v) is 16.7. The number of nitrogens with zero attached hydrogens (tertiary/aromatic N) is 1. The van der Waals surface area contributed by atoms with E-state index in [9.17, 15) is 8.42 Å². The summed E-state index contributed by atoms with van der Waals surface area (Å²) in [5.41, 5.74) is 4.67. The number of hydrogen-bond donors (Lipinski definition) is 1. The zero-order valence-electron chi connectivity index (χ0n) is 14.3. The summed E-state index contributed by atoms with van der Waals surface area (Å²) in [6, 6.07) is 12.1. The van der Waals surface area contributed by atoms with E-state index in [1.807, 2.05) is 32.0 Å². The van der Waals surface area contributed by atoms with Crippen LogP contribution in [0.4, 0.5) is 0 Å². The molecular weight excluding hydrogens is 400 g/mol. The van der Waals surface area contributed by atoms with E-state index >= 15 is 0 Å². The van der Waals surface area contributed by atoms with Crippen molar-refractivity contribution in [1.82, 2.24) is 9.62 Å². The Hall–Kier alpha value is -1.21. The monoisotopic (exact) mass is 420 g/mol. The van der Waals surface area contributed by atoms with Crippen molar-refractivity contribution in [3.05, 3.63) is 52.0 Å². The molecule has 2 aromatic carbocycles. The van der Waals surface area contributed by atoms with Gasteiger partial charge in [-0.1, -0.05) is 28.1 Å². The van der Waals surface area contributed by atoms with Crippen LogP contribution in [0.5, 0.6) is 0 Å². The Labute approximate surface area is 157 Å². The summed E-state index contributed by atoms with van der Waals surface area (Å²) in [5, 5.41) is 3.38. The normalized spacial score (nSPS) is 23.3. The van der Waals surface area contributed by atoms with Crippen LogP contribution in [-0.2, 0) is 16.4 Å². The molecule has 0 amide bonds. The van der Waals surface area contributed by atoms with Gasteiger partial charge in [-0.05, 0) is 66.8 Å². The van der Waals surface area contributed by atoms with Crippen molar-refractivity contribution in [3.8, 4) is 11.1 Å². The van der Waals surface area contributed by atoms with E-state index in [0.29, 0.717) is 18.0 Å². The lowest BCUT2D eigenvalue weighted by Gasteiger charge is -2.35. The van der Waals surface area contributed by atoms with Crippen LogP contribution in [0, 0.1) is 0 Å². The van der Waals surface area contributed by atoms with Gasteiger partial charge in [-0.25, -0.2) is 8.42 Å². The minimum absolute atomic E-state index is 0.162. The van der Waals surface area contributed by atoms with Gasteiger partial charge in [0.05, 0.1) is 4.90 Å². The molecule has 0 aromatic heterocycles. The van der Waals surface area contributed by atoms with Crippen LogP contribution in [0.15, 0.2) is 45.8 Å². The first-order valence-electron chi connectivity index (χ1n) is 8.52. The fourth-order valence-electron chi connectivity index (χ4n) is 3.94. The van der Waals surface area contributed by atoms with E-state index in [2.05, 4.69) is 33.4 Å². The van der Waals surface area contributed by atoms with E-state index < -0.39 is 10.0 Å². The summed E-state index contributed by atoms with van der Waals surface area (Å²) >= 11 is 3.51. The van der Waals surface area contributed by atoms with Crippen molar-refractivity contribution in [2.75, 3.05) is 13.1 Å². The lowest BCUT2D eigenvalue weighted by molar-refractivity contribution is 0.263. The molecule has 1 saturated heterocycles. The zero-order chi connectivity index (χ0) is 17.8. The highest BCUT2D eigenvalue weighted by Gasteiger charge is 2.32. The molecule has 25 heavy (non-hydrogen) atoms. The van der Waals surface area contributed by atoms with E-state index in [1.54, 1.807) is 10.4 Å². The molecule has 0 bridgehead atoms. The van der Waals surface area contributed by atoms with Crippen LogP contribution < -0.4 is 5.32 Å². The highest BCUT2D eigenvalue weighted by molar-refractivity contribution is 9.10. The summed E-state index contributed by atoms with van der Waals surface area (Å²) in [6.45, 7) is 5.07. The van der Waals surface area contributed by atoms with Gasteiger partial charge in [-0.15, -0.1) is 0 Å². The van der Waals surface area contributed by atoms with Gasteiger partial charge in [0.1, 0.15) is 0 Å². The van der Waals surface area contributed by atoms with Gasteiger partial charge in [0, 0.05) is 29.6 Å². The van der Waals surface area contributed by atoms with E-state index in [4.69, 9.17) is 0 Å². The first-order chi connectivity index (χ1) is 11.8. The Kier molecular flexibility index (Phi) is 4.27. The quantitative estimate of drug-likeness (QED) is 0.690. The number of nitrogens with one attached hydrogen (secondary N) is 1. The molecule has 2 unspecified atom stereocenters. The standard InChI is InChI=1S/C19H21BrN2O2S/c1-12-10-22(11-13(2)21-12)25(23,24)17-4-6-19-15(9-17)7-14-8-16(20)3-5-18(14)19/h3-6,8-9,12-13,21H,7,10-11H2,1-2H3. The Balaban J connectivity index is 1.69. The van der Waals surface area contributed by atoms with Gasteiger partial charge >= 0.3 is 0 Å². The van der Waals surface area contributed by atoms with Crippen LogP contribution in [-0.4, -0.2) is 37.9 Å². The molecule has 2 atom stereocenters. The third-order valence-corrected chi connectivity index (χ3v) is 7.30. The maximum absolute atomic E-state index is 13.1. The lowest BCUT2D eigenvalue weighted by Crippen LogP contribution is -2.55. The van der Waals surface area contributed by atoms with Gasteiger partial charge in [0.2, 0.25) is 10.0 Å². The second-order valence-corrected chi connectivity index (χ2v) is 9.94. The van der Waals surface area contributed by atoms with Crippen LogP contribution in [0.3, 0.4) is 0 Å². The molecule has 1 N–H and O–H groups in total. The number of piperazine rings is 1. The van der Waals surface area contributed by atoms with Gasteiger partial charge < -0.3 is 5.32 Å². The molecule has 0 spiro atoms. The average Bonchev–Trinajstić information content (AvgIpc) is 2.90. The van der Waals surface area contributed by atoms with Gasteiger partial charge in [-0.3, -0.25) is 0 Å². The number of hydrogen-bond acceptors (Lipinski definition) is 3. The molecule has 0 saturated carbocycles. The van der Waals surface area contributed by atoms with Gasteiger partial charge in [0.15, 0.2) is 0 Å². The third kappa shape index (κ3) is 3.05. The molecular formula is C19H21BrN2O2S. The van der Waals surface area contributed by atoms with E-state index in [-0.39, 0.29) is 12.1 Å². The van der Waals surface area contributed by atoms with Crippen LogP contribution >= 0.6 is 15.9 Å². The maximum Gasteiger partial charge on any atom is 0.243 e. The molecule has 132 valence electrons. The fraction of sp³-hybridized carbons (Fsp3) is 0.368.